The van der Waals surface area contributed by atoms with Gasteiger partial charge in [-0.15, -0.1) is 0 Å². The first-order valence-corrected chi connectivity index (χ1v) is 9.13. The van der Waals surface area contributed by atoms with Crippen LogP contribution in [0.25, 0.3) is 0 Å². The second kappa shape index (κ2) is 9.64. The molecule has 0 heterocycles. The lowest BCUT2D eigenvalue weighted by molar-refractivity contribution is -0.115. The molecule has 0 spiro atoms. The van der Waals surface area contributed by atoms with Gasteiger partial charge in [0.2, 0.25) is 5.91 Å². The minimum atomic E-state index is -0.0625. The zero-order valence-corrected chi connectivity index (χ0v) is 15.6. The topological polar surface area (TPSA) is 50.4 Å². The SMILES string of the molecule is O=C(CCNc1ccccc1Cl)Nc1ccc(OCc2ccccc2)cc1. The smallest absolute Gasteiger partial charge is 0.226 e. The van der Waals surface area contributed by atoms with Crippen LogP contribution in [0.2, 0.25) is 5.02 Å². The highest BCUT2D eigenvalue weighted by molar-refractivity contribution is 6.33. The van der Waals surface area contributed by atoms with Gasteiger partial charge >= 0.3 is 0 Å². The van der Waals surface area contributed by atoms with Gasteiger partial charge in [0.25, 0.3) is 0 Å². The molecule has 138 valence electrons. The summed E-state index contributed by atoms with van der Waals surface area (Å²) in [7, 11) is 0. The number of anilines is 2. The van der Waals surface area contributed by atoms with Gasteiger partial charge in [0.05, 0.1) is 10.7 Å². The molecule has 0 aromatic heterocycles. The third-order valence-corrected chi connectivity index (χ3v) is 4.26. The molecule has 5 heteroatoms. The minimum absolute atomic E-state index is 0.0625. The Balaban J connectivity index is 1.42. The molecule has 0 aliphatic carbocycles. The maximum absolute atomic E-state index is 12.1. The number of ether oxygens (including phenoxy) is 1. The summed E-state index contributed by atoms with van der Waals surface area (Å²) in [5.74, 6) is 0.699. The Morgan fingerprint density at radius 1 is 0.889 bits per heavy atom. The van der Waals surface area contributed by atoms with Crippen LogP contribution < -0.4 is 15.4 Å². The van der Waals surface area contributed by atoms with Crippen molar-refractivity contribution >= 4 is 28.9 Å². The fourth-order valence-electron chi connectivity index (χ4n) is 2.51. The maximum Gasteiger partial charge on any atom is 0.226 e. The summed E-state index contributed by atoms with van der Waals surface area (Å²) in [6, 6.07) is 24.8. The number of hydrogen-bond donors (Lipinski definition) is 2. The van der Waals surface area contributed by atoms with E-state index < -0.39 is 0 Å². The largest absolute Gasteiger partial charge is 0.489 e. The van der Waals surface area contributed by atoms with Crippen molar-refractivity contribution in [3.8, 4) is 5.75 Å². The fourth-order valence-corrected chi connectivity index (χ4v) is 2.72. The number of benzene rings is 3. The Hall–Kier alpha value is -2.98. The highest BCUT2D eigenvalue weighted by atomic mass is 35.5. The van der Waals surface area contributed by atoms with Gasteiger partial charge in [0.1, 0.15) is 12.4 Å². The number of halogens is 1. The Morgan fingerprint density at radius 3 is 2.33 bits per heavy atom. The number of amides is 1. The van der Waals surface area contributed by atoms with E-state index in [4.69, 9.17) is 16.3 Å². The van der Waals surface area contributed by atoms with Crippen molar-refractivity contribution in [3.05, 3.63) is 89.4 Å². The Morgan fingerprint density at radius 2 is 1.59 bits per heavy atom. The Kier molecular flexibility index (Phi) is 6.72. The lowest BCUT2D eigenvalue weighted by atomic mass is 10.2. The molecule has 0 unspecified atom stereocenters. The second-order valence-corrected chi connectivity index (χ2v) is 6.41. The molecule has 0 aliphatic heterocycles. The van der Waals surface area contributed by atoms with Crippen LogP contribution in [0.5, 0.6) is 5.75 Å². The lowest BCUT2D eigenvalue weighted by Crippen LogP contribution is -2.16. The molecule has 2 N–H and O–H groups in total. The Labute approximate surface area is 164 Å². The average molecular weight is 381 g/mol. The van der Waals surface area contributed by atoms with E-state index in [0.717, 1.165) is 22.7 Å². The standard InChI is InChI=1S/C22H21ClN2O2/c23-20-8-4-5-9-21(20)24-15-14-22(26)25-18-10-12-19(13-11-18)27-16-17-6-2-1-3-7-17/h1-13,24H,14-16H2,(H,25,26). The van der Waals surface area contributed by atoms with Gasteiger partial charge in [0.15, 0.2) is 0 Å². The number of para-hydroxylation sites is 1. The summed E-state index contributed by atoms with van der Waals surface area (Å²) in [4.78, 5) is 12.1. The number of rotatable bonds is 8. The minimum Gasteiger partial charge on any atom is -0.489 e. The van der Waals surface area contributed by atoms with E-state index >= 15 is 0 Å². The molecule has 1 amide bonds. The highest BCUT2D eigenvalue weighted by Crippen LogP contribution is 2.20. The van der Waals surface area contributed by atoms with E-state index in [-0.39, 0.29) is 5.91 Å². The molecular formula is C22H21ClN2O2. The van der Waals surface area contributed by atoms with Crippen LogP contribution in [0.3, 0.4) is 0 Å². The van der Waals surface area contributed by atoms with Crippen LogP contribution in [0.1, 0.15) is 12.0 Å². The Bertz CT molecular complexity index is 867. The third-order valence-electron chi connectivity index (χ3n) is 3.93. The molecular weight excluding hydrogens is 360 g/mol. The number of carbonyl (C=O) groups excluding carboxylic acids is 1. The molecule has 3 aromatic carbocycles. The van der Waals surface area contributed by atoms with Gasteiger partial charge in [-0.2, -0.15) is 0 Å². The molecule has 4 nitrogen and oxygen atoms in total. The first-order chi connectivity index (χ1) is 13.2. The van der Waals surface area contributed by atoms with Crippen LogP contribution in [-0.4, -0.2) is 12.5 Å². The summed E-state index contributed by atoms with van der Waals surface area (Å²) >= 11 is 6.07. The lowest BCUT2D eigenvalue weighted by Gasteiger charge is -2.10. The van der Waals surface area contributed by atoms with Gasteiger partial charge in [-0.1, -0.05) is 54.1 Å². The summed E-state index contributed by atoms with van der Waals surface area (Å²) in [5, 5.41) is 6.68. The molecule has 0 aliphatic rings. The quantitative estimate of drug-likeness (QED) is 0.553. The van der Waals surface area contributed by atoms with E-state index in [1.165, 1.54) is 0 Å². The summed E-state index contributed by atoms with van der Waals surface area (Å²) < 4.78 is 5.74. The van der Waals surface area contributed by atoms with Crippen LogP contribution in [-0.2, 0) is 11.4 Å². The van der Waals surface area contributed by atoms with Crippen molar-refractivity contribution in [1.82, 2.24) is 0 Å². The van der Waals surface area contributed by atoms with Gasteiger partial charge in [-0.05, 0) is 42.0 Å². The molecule has 27 heavy (non-hydrogen) atoms. The molecule has 0 fully saturated rings. The third kappa shape index (κ3) is 6.04. The first kappa shape index (κ1) is 18.8. The highest BCUT2D eigenvalue weighted by Gasteiger charge is 2.04. The zero-order valence-electron chi connectivity index (χ0n) is 14.8. The van der Waals surface area contributed by atoms with E-state index in [9.17, 15) is 4.79 Å². The van der Waals surface area contributed by atoms with E-state index in [0.29, 0.717) is 24.6 Å². The average Bonchev–Trinajstić information content (AvgIpc) is 2.70. The van der Waals surface area contributed by atoms with Crippen LogP contribution in [0.15, 0.2) is 78.9 Å². The molecule has 0 bridgehead atoms. The van der Waals surface area contributed by atoms with Crippen molar-refractivity contribution in [3.63, 3.8) is 0 Å². The van der Waals surface area contributed by atoms with E-state index in [2.05, 4.69) is 10.6 Å². The molecule has 0 radical (unpaired) electrons. The van der Waals surface area contributed by atoms with Crippen LogP contribution in [0.4, 0.5) is 11.4 Å². The second-order valence-electron chi connectivity index (χ2n) is 6.00. The number of carbonyl (C=O) groups is 1. The van der Waals surface area contributed by atoms with Crippen molar-refractivity contribution in [2.75, 3.05) is 17.2 Å². The van der Waals surface area contributed by atoms with Crippen LogP contribution >= 0.6 is 11.6 Å². The fraction of sp³-hybridized carbons (Fsp3) is 0.136. The van der Waals surface area contributed by atoms with E-state index in [1.54, 1.807) is 0 Å². The van der Waals surface area contributed by atoms with Gasteiger partial charge < -0.3 is 15.4 Å². The molecule has 3 rings (SSSR count). The van der Waals surface area contributed by atoms with Crippen molar-refractivity contribution in [2.24, 2.45) is 0 Å². The first-order valence-electron chi connectivity index (χ1n) is 8.76. The van der Waals surface area contributed by atoms with Gasteiger partial charge in [0, 0.05) is 18.7 Å². The molecule has 0 atom stereocenters. The summed E-state index contributed by atoms with van der Waals surface area (Å²) in [5.41, 5.74) is 2.68. The predicted molar refractivity (Wildman–Crippen MR) is 110 cm³/mol. The maximum atomic E-state index is 12.1. The van der Waals surface area contributed by atoms with Gasteiger partial charge in [-0.3, -0.25) is 4.79 Å². The summed E-state index contributed by atoms with van der Waals surface area (Å²) in [6.45, 7) is 1.02. The van der Waals surface area contributed by atoms with E-state index in [1.807, 2.05) is 78.9 Å². The number of hydrogen-bond acceptors (Lipinski definition) is 3. The molecule has 0 saturated heterocycles. The van der Waals surface area contributed by atoms with Crippen molar-refractivity contribution in [2.45, 2.75) is 13.0 Å². The van der Waals surface area contributed by atoms with Crippen LogP contribution in [0, 0.1) is 0 Å². The van der Waals surface area contributed by atoms with Crippen molar-refractivity contribution < 1.29 is 9.53 Å². The van der Waals surface area contributed by atoms with Gasteiger partial charge in [-0.25, -0.2) is 0 Å². The predicted octanol–water partition coefficient (Wildman–Crippen LogP) is 5.36. The normalized spacial score (nSPS) is 10.3. The summed E-state index contributed by atoms with van der Waals surface area (Å²) in [6.07, 6.45) is 0.345. The monoisotopic (exact) mass is 380 g/mol. The molecule has 3 aromatic rings. The van der Waals surface area contributed by atoms with Crippen molar-refractivity contribution in [1.29, 1.82) is 0 Å². The molecule has 0 saturated carbocycles. The zero-order chi connectivity index (χ0) is 18.9. The number of nitrogens with one attached hydrogen (secondary N) is 2.